The third-order valence-electron chi connectivity index (χ3n) is 3.22. The first-order chi connectivity index (χ1) is 12.6. The van der Waals surface area contributed by atoms with Gasteiger partial charge in [-0.2, -0.15) is 0 Å². The fraction of sp³-hybridized carbons (Fsp3) is 0.526. The highest BCUT2D eigenvalue weighted by atomic mass is 16.6. The summed E-state index contributed by atoms with van der Waals surface area (Å²) in [5.41, 5.74) is 4.58. The number of carbonyl (C=O) groups is 3. The Bertz CT molecular complexity index is 626. The minimum atomic E-state index is -0.858. The molecule has 1 aromatic rings. The fourth-order valence-electron chi connectivity index (χ4n) is 2.11. The second kappa shape index (κ2) is 10.4. The minimum absolute atomic E-state index is 0.0961. The van der Waals surface area contributed by atoms with E-state index in [9.17, 15) is 14.4 Å². The standard InChI is InChI=1S/C19H29N3O5/c1-13(2)11-15(16(23)21-22-18(25)27-19(3,4)5)20-17(24)26-12-14-9-7-6-8-10-14/h6-10,13,15H,11-12H2,1-5H3,(H,20,24)(H,21,23)(H,22,25). The average Bonchev–Trinajstić information content (AvgIpc) is 2.56. The van der Waals surface area contributed by atoms with Crippen molar-refractivity contribution in [3.63, 3.8) is 0 Å². The Morgan fingerprint density at radius 3 is 2.19 bits per heavy atom. The summed E-state index contributed by atoms with van der Waals surface area (Å²) in [4.78, 5) is 35.9. The van der Waals surface area contributed by atoms with E-state index in [0.29, 0.717) is 6.42 Å². The summed E-state index contributed by atoms with van der Waals surface area (Å²) < 4.78 is 10.2. The second-order valence-electron chi connectivity index (χ2n) is 7.50. The van der Waals surface area contributed by atoms with Crippen LogP contribution in [0.4, 0.5) is 9.59 Å². The van der Waals surface area contributed by atoms with Crippen LogP contribution in [0.3, 0.4) is 0 Å². The van der Waals surface area contributed by atoms with Crippen molar-refractivity contribution in [1.82, 2.24) is 16.2 Å². The maximum Gasteiger partial charge on any atom is 0.426 e. The number of hydrogen-bond donors (Lipinski definition) is 3. The van der Waals surface area contributed by atoms with Gasteiger partial charge in [-0.15, -0.1) is 0 Å². The molecule has 8 nitrogen and oxygen atoms in total. The smallest absolute Gasteiger partial charge is 0.426 e. The largest absolute Gasteiger partial charge is 0.445 e. The SMILES string of the molecule is CC(C)CC(NC(=O)OCc1ccccc1)C(=O)NNC(=O)OC(C)(C)C. The van der Waals surface area contributed by atoms with E-state index in [1.54, 1.807) is 20.8 Å². The topological polar surface area (TPSA) is 106 Å². The lowest BCUT2D eigenvalue weighted by Crippen LogP contribution is -2.53. The van der Waals surface area contributed by atoms with E-state index in [-0.39, 0.29) is 12.5 Å². The first kappa shape index (κ1) is 22.3. The lowest BCUT2D eigenvalue weighted by Gasteiger charge is -2.22. The number of nitrogens with one attached hydrogen (secondary N) is 3. The van der Waals surface area contributed by atoms with Crippen LogP contribution in [0.25, 0.3) is 0 Å². The van der Waals surface area contributed by atoms with Gasteiger partial charge < -0.3 is 14.8 Å². The molecule has 0 radical (unpaired) electrons. The van der Waals surface area contributed by atoms with E-state index in [4.69, 9.17) is 9.47 Å². The van der Waals surface area contributed by atoms with Crippen LogP contribution in [0.5, 0.6) is 0 Å². The Morgan fingerprint density at radius 2 is 1.63 bits per heavy atom. The predicted molar refractivity (Wildman–Crippen MR) is 101 cm³/mol. The number of amides is 3. The number of hydrazine groups is 1. The van der Waals surface area contributed by atoms with E-state index >= 15 is 0 Å². The second-order valence-corrected chi connectivity index (χ2v) is 7.50. The Hall–Kier alpha value is -2.77. The van der Waals surface area contributed by atoms with Crippen LogP contribution in [0.1, 0.15) is 46.6 Å². The molecule has 0 aliphatic rings. The van der Waals surface area contributed by atoms with Crippen molar-refractivity contribution in [2.75, 3.05) is 0 Å². The Kier molecular flexibility index (Phi) is 8.58. The summed E-state index contributed by atoms with van der Waals surface area (Å²) >= 11 is 0. The van der Waals surface area contributed by atoms with E-state index < -0.39 is 29.7 Å². The average molecular weight is 379 g/mol. The third kappa shape index (κ3) is 10.1. The zero-order chi connectivity index (χ0) is 20.4. The number of rotatable bonds is 6. The number of carbonyl (C=O) groups excluding carboxylic acids is 3. The fourth-order valence-corrected chi connectivity index (χ4v) is 2.11. The van der Waals surface area contributed by atoms with Gasteiger partial charge in [0.15, 0.2) is 0 Å². The maximum atomic E-state index is 12.3. The van der Waals surface area contributed by atoms with Crippen LogP contribution >= 0.6 is 0 Å². The summed E-state index contributed by atoms with van der Waals surface area (Å²) in [6, 6.07) is 8.35. The molecule has 1 aromatic carbocycles. The molecule has 0 spiro atoms. The van der Waals surface area contributed by atoms with Gasteiger partial charge >= 0.3 is 12.2 Å². The molecule has 0 aliphatic heterocycles. The van der Waals surface area contributed by atoms with Crippen LogP contribution in [0, 0.1) is 5.92 Å². The first-order valence-electron chi connectivity index (χ1n) is 8.83. The molecule has 1 rings (SSSR count). The normalized spacial score (nSPS) is 12.1. The molecular weight excluding hydrogens is 350 g/mol. The molecule has 8 heteroatoms. The lowest BCUT2D eigenvalue weighted by atomic mass is 10.0. The van der Waals surface area contributed by atoms with Gasteiger partial charge in [0.25, 0.3) is 5.91 Å². The van der Waals surface area contributed by atoms with Gasteiger partial charge in [-0.25, -0.2) is 15.0 Å². The maximum absolute atomic E-state index is 12.3. The highest BCUT2D eigenvalue weighted by Crippen LogP contribution is 2.07. The molecule has 1 atom stereocenters. The molecule has 0 bridgehead atoms. The Morgan fingerprint density at radius 1 is 1.00 bits per heavy atom. The molecule has 0 aromatic heterocycles. The first-order valence-corrected chi connectivity index (χ1v) is 8.83. The van der Waals surface area contributed by atoms with Crippen molar-refractivity contribution in [2.24, 2.45) is 5.92 Å². The molecular formula is C19H29N3O5. The monoisotopic (exact) mass is 379 g/mol. The van der Waals surface area contributed by atoms with Gasteiger partial charge in [-0.3, -0.25) is 10.2 Å². The van der Waals surface area contributed by atoms with Gasteiger partial charge in [0.1, 0.15) is 18.2 Å². The molecule has 0 saturated carbocycles. The van der Waals surface area contributed by atoms with Crippen molar-refractivity contribution in [3.8, 4) is 0 Å². The molecule has 0 aliphatic carbocycles. The van der Waals surface area contributed by atoms with Gasteiger partial charge in [-0.1, -0.05) is 44.2 Å². The molecule has 0 saturated heterocycles. The quantitative estimate of drug-likeness (QED) is 0.659. The van der Waals surface area contributed by atoms with Gasteiger partial charge in [0.2, 0.25) is 0 Å². The molecule has 0 heterocycles. The highest BCUT2D eigenvalue weighted by molar-refractivity contribution is 5.86. The van der Waals surface area contributed by atoms with E-state index in [0.717, 1.165) is 5.56 Å². The summed E-state index contributed by atoms with van der Waals surface area (Å²) in [6.45, 7) is 9.05. The number of ether oxygens (including phenoxy) is 2. The molecule has 3 amide bonds. The zero-order valence-corrected chi connectivity index (χ0v) is 16.5. The van der Waals surface area contributed by atoms with Crippen LogP contribution in [-0.4, -0.2) is 29.7 Å². The van der Waals surface area contributed by atoms with Crippen LogP contribution < -0.4 is 16.2 Å². The molecule has 27 heavy (non-hydrogen) atoms. The van der Waals surface area contributed by atoms with E-state index in [1.807, 2.05) is 44.2 Å². The summed E-state index contributed by atoms with van der Waals surface area (Å²) in [5, 5.41) is 2.53. The predicted octanol–water partition coefficient (Wildman–Crippen LogP) is 2.88. The zero-order valence-electron chi connectivity index (χ0n) is 16.5. The lowest BCUT2D eigenvalue weighted by molar-refractivity contribution is -0.124. The van der Waals surface area contributed by atoms with E-state index in [2.05, 4.69) is 16.2 Å². The molecule has 0 fully saturated rings. The van der Waals surface area contributed by atoms with E-state index in [1.165, 1.54) is 0 Å². The number of hydrogen-bond acceptors (Lipinski definition) is 5. The van der Waals surface area contributed by atoms with Gasteiger partial charge in [0, 0.05) is 0 Å². The third-order valence-corrected chi connectivity index (χ3v) is 3.22. The highest BCUT2D eigenvalue weighted by Gasteiger charge is 2.24. The summed E-state index contributed by atoms with van der Waals surface area (Å²) in [7, 11) is 0. The summed E-state index contributed by atoms with van der Waals surface area (Å²) in [5.74, 6) is -0.428. The van der Waals surface area contributed by atoms with Crippen molar-refractivity contribution >= 4 is 18.1 Å². The van der Waals surface area contributed by atoms with Gasteiger partial charge in [0.05, 0.1) is 0 Å². The number of alkyl carbamates (subject to hydrolysis) is 1. The number of benzene rings is 1. The summed E-state index contributed by atoms with van der Waals surface area (Å²) in [6.07, 6.45) is -1.12. The van der Waals surface area contributed by atoms with Crippen LogP contribution in [0.15, 0.2) is 30.3 Å². The molecule has 3 N–H and O–H groups in total. The van der Waals surface area contributed by atoms with Crippen molar-refractivity contribution in [1.29, 1.82) is 0 Å². The van der Waals surface area contributed by atoms with Crippen molar-refractivity contribution in [3.05, 3.63) is 35.9 Å². The van der Waals surface area contributed by atoms with Crippen molar-refractivity contribution < 1.29 is 23.9 Å². The Labute approximate surface area is 160 Å². The molecule has 150 valence electrons. The molecule has 1 unspecified atom stereocenters. The van der Waals surface area contributed by atoms with Gasteiger partial charge in [-0.05, 0) is 38.7 Å². The minimum Gasteiger partial charge on any atom is -0.445 e. The van der Waals surface area contributed by atoms with Crippen LogP contribution in [-0.2, 0) is 20.9 Å². The Balaban J connectivity index is 2.54. The van der Waals surface area contributed by atoms with Crippen molar-refractivity contribution in [2.45, 2.75) is 59.3 Å². The van der Waals surface area contributed by atoms with Crippen LogP contribution in [0.2, 0.25) is 0 Å².